The number of hydrogen-bond acceptors (Lipinski definition) is 15. The van der Waals surface area contributed by atoms with Gasteiger partial charge in [-0.3, -0.25) is 19.2 Å². The Hall–Kier alpha value is -3.71. The van der Waals surface area contributed by atoms with Gasteiger partial charge in [-0.15, -0.1) is 0 Å². The van der Waals surface area contributed by atoms with Crippen molar-refractivity contribution in [3.05, 3.63) is 47.6 Å². The number of cyclic esters (lactones) is 1. The van der Waals surface area contributed by atoms with E-state index in [0.717, 1.165) is 5.57 Å². The van der Waals surface area contributed by atoms with Crippen LogP contribution in [0.4, 0.5) is 4.79 Å². The molecule has 0 radical (unpaired) electrons. The van der Waals surface area contributed by atoms with Crippen molar-refractivity contribution in [2.75, 3.05) is 40.7 Å². The molecule has 4 rings (SSSR count). The smallest absolute Gasteiger partial charge is 0.407 e. The van der Waals surface area contributed by atoms with E-state index < -0.39 is 96.1 Å². The summed E-state index contributed by atoms with van der Waals surface area (Å²) in [6, 6.07) is -1.17. The lowest BCUT2D eigenvalue weighted by atomic mass is 9.78. The summed E-state index contributed by atoms with van der Waals surface area (Å²) in [6.07, 6.45) is 12.3. The van der Waals surface area contributed by atoms with Crippen molar-refractivity contribution in [3.8, 4) is 0 Å². The predicted molar refractivity (Wildman–Crippen MR) is 280 cm³/mol. The van der Waals surface area contributed by atoms with Gasteiger partial charge in [0, 0.05) is 70.3 Å². The second-order valence-corrected chi connectivity index (χ2v) is 22.7. The summed E-state index contributed by atoms with van der Waals surface area (Å²) < 4.78 is 35.6. The maximum Gasteiger partial charge on any atom is 0.407 e. The van der Waals surface area contributed by atoms with Gasteiger partial charge in [-0.05, 0) is 113 Å². The van der Waals surface area contributed by atoms with Crippen LogP contribution in [0.3, 0.4) is 0 Å². The number of allylic oxidation sites excluding steroid dienone is 6. The number of hydrogen-bond donors (Lipinski definition) is 3. The first-order valence-corrected chi connectivity index (χ1v) is 27.8. The summed E-state index contributed by atoms with van der Waals surface area (Å²) in [7, 11) is 4.53. The molecule has 3 N–H and O–H groups in total. The Balaban J connectivity index is 1.67. The molecule has 1 saturated carbocycles. The van der Waals surface area contributed by atoms with E-state index in [9.17, 15) is 39.0 Å². The zero-order valence-electron chi connectivity index (χ0n) is 45.7. The van der Waals surface area contributed by atoms with Crippen LogP contribution >= 0.6 is 11.8 Å². The zero-order valence-corrected chi connectivity index (χ0v) is 46.5. The largest absolute Gasteiger partial charge is 0.460 e. The van der Waals surface area contributed by atoms with E-state index in [1.165, 1.54) is 12.0 Å². The lowest BCUT2D eigenvalue weighted by Crippen LogP contribution is -2.61. The first-order chi connectivity index (χ1) is 34.6. The minimum Gasteiger partial charge on any atom is -0.460 e. The molecule has 1 aliphatic carbocycles. The van der Waals surface area contributed by atoms with Gasteiger partial charge in [-0.25, -0.2) is 9.59 Å². The van der Waals surface area contributed by atoms with Crippen LogP contribution in [-0.2, 0) is 52.4 Å². The molecular formula is C56H88N2O14S. The van der Waals surface area contributed by atoms with Crippen molar-refractivity contribution in [1.29, 1.82) is 0 Å². The average Bonchev–Trinajstić information content (AvgIpc) is 3.37. The fraction of sp³-hybridized carbons (Fsp3) is 0.750. The van der Waals surface area contributed by atoms with Gasteiger partial charge in [0.15, 0.2) is 5.78 Å². The normalized spacial score (nSPS) is 37.6. The Morgan fingerprint density at radius 1 is 0.890 bits per heavy atom. The molecule has 0 aromatic carbocycles. The highest BCUT2D eigenvalue weighted by Crippen LogP contribution is 2.38. The van der Waals surface area contributed by atoms with Crippen molar-refractivity contribution < 1.29 is 67.4 Å². The Labute approximate surface area is 439 Å². The van der Waals surface area contributed by atoms with Crippen LogP contribution in [0, 0.1) is 35.5 Å². The number of fused-ring (bicyclic) bond motifs is 3. The summed E-state index contributed by atoms with van der Waals surface area (Å²) >= 11 is 1.64. The zero-order chi connectivity index (χ0) is 54.2. The highest BCUT2D eigenvalue weighted by atomic mass is 32.2. The van der Waals surface area contributed by atoms with Gasteiger partial charge in [-0.1, -0.05) is 78.0 Å². The number of aliphatic hydroxyl groups is 2. The van der Waals surface area contributed by atoms with Crippen LogP contribution in [0.1, 0.15) is 132 Å². The third kappa shape index (κ3) is 17.4. The molecule has 0 aromatic rings. The number of methoxy groups -OCH3 is 3. The SMILES string of the molecule is COC1CC2CC[C@@H](C)[C@@](O)(O2)C(=O)C(=O)N2CCCC[C@H]2C(=O)OC(C(C)CC2CC[C@@H](OC(=O)NCC(C)SC)C(OC)C2)CC(=O)C(C)/C=C(\C)[C@@H](O)C(OC)C(=O)[C@H](C)CC(C)/C=C/C=C/C=C/1C. The van der Waals surface area contributed by atoms with Crippen LogP contribution in [0.15, 0.2) is 47.6 Å². The number of alkyl carbamates (subject to hydrolysis) is 1. The highest BCUT2D eigenvalue weighted by Gasteiger charge is 2.53. The lowest BCUT2D eigenvalue weighted by molar-refractivity contribution is -0.265. The molecule has 2 amide bonds. The fourth-order valence-corrected chi connectivity index (χ4v) is 11.0. The van der Waals surface area contributed by atoms with E-state index in [1.54, 1.807) is 52.8 Å². The van der Waals surface area contributed by atoms with Crippen LogP contribution < -0.4 is 5.32 Å². The number of rotatable bonds is 10. The number of thioether (sulfide) groups is 1. The van der Waals surface area contributed by atoms with Crippen LogP contribution in [0.2, 0.25) is 0 Å². The molecule has 3 heterocycles. The number of nitrogens with zero attached hydrogens (tertiary/aromatic N) is 1. The summed E-state index contributed by atoms with van der Waals surface area (Å²) in [5, 5.41) is 26.6. The summed E-state index contributed by atoms with van der Waals surface area (Å²) in [6.45, 7) is 15.2. The number of piperidine rings is 1. The number of nitrogens with one attached hydrogen (secondary N) is 1. The molecular weight excluding hydrogens is 957 g/mol. The van der Waals surface area contributed by atoms with Gasteiger partial charge in [-0.2, -0.15) is 11.8 Å². The van der Waals surface area contributed by atoms with Crippen LogP contribution in [0.5, 0.6) is 0 Å². The topological polar surface area (TPSA) is 214 Å². The van der Waals surface area contributed by atoms with E-state index in [4.69, 9.17) is 28.4 Å². The summed E-state index contributed by atoms with van der Waals surface area (Å²) in [4.78, 5) is 85.2. The molecule has 3 fully saturated rings. The van der Waals surface area contributed by atoms with Crippen molar-refractivity contribution in [1.82, 2.24) is 10.2 Å². The van der Waals surface area contributed by atoms with Crippen LogP contribution in [0.25, 0.3) is 0 Å². The minimum absolute atomic E-state index is 0.00647. The quantitative estimate of drug-likeness (QED) is 0.109. The van der Waals surface area contributed by atoms with E-state index >= 15 is 0 Å². The molecule has 17 heteroatoms. The number of Topliss-reactive ketones (excluding diaryl/α,β-unsaturated/α-hetero) is 3. The number of ketones is 3. The van der Waals surface area contributed by atoms with Crippen molar-refractivity contribution in [2.24, 2.45) is 35.5 Å². The molecule has 412 valence electrons. The Morgan fingerprint density at radius 3 is 2.29 bits per heavy atom. The summed E-state index contributed by atoms with van der Waals surface area (Å²) in [5.74, 6) is -8.25. The van der Waals surface area contributed by atoms with E-state index in [1.807, 2.05) is 71.3 Å². The molecule has 10 unspecified atom stereocenters. The Bertz CT molecular complexity index is 1990. The molecule has 16 nitrogen and oxygen atoms in total. The first kappa shape index (κ1) is 61.8. The molecule has 2 bridgehead atoms. The molecule has 0 spiro atoms. The maximum absolute atomic E-state index is 14.6. The van der Waals surface area contributed by atoms with Crippen molar-refractivity contribution in [2.45, 2.75) is 192 Å². The van der Waals surface area contributed by atoms with Crippen molar-refractivity contribution >= 4 is 47.1 Å². The number of esters is 1. The summed E-state index contributed by atoms with van der Waals surface area (Å²) in [5.41, 5.74) is 1.25. The number of carbonyl (C=O) groups is 6. The maximum atomic E-state index is 14.6. The first-order valence-electron chi connectivity index (χ1n) is 26.5. The minimum atomic E-state index is -2.45. The molecule has 4 aliphatic rings. The fourth-order valence-electron chi connectivity index (χ4n) is 10.7. The van der Waals surface area contributed by atoms with E-state index in [0.29, 0.717) is 76.3 Å². The Kier molecular flexibility index (Phi) is 25.0. The number of amides is 2. The number of carbonyl (C=O) groups excluding carboxylic acids is 6. The lowest BCUT2D eigenvalue weighted by Gasteiger charge is -2.42. The number of ether oxygens (including phenoxy) is 6. The Morgan fingerprint density at radius 2 is 1.62 bits per heavy atom. The predicted octanol–water partition coefficient (Wildman–Crippen LogP) is 7.67. The van der Waals surface area contributed by atoms with E-state index in [2.05, 4.69) is 5.32 Å². The molecule has 2 saturated heterocycles. The molecule has 0 aromatic heterocycles. The van der Waals surface area contributed by atoms with Gasteiger partial charge >= 0.3 is 12.1 Å². The second-order valence-electron chi connectivity index (χ2n) is 21.4. The molecule has 16 atom stereocenters. The third-order valence-electron chi connectivity index (χ3n) is 15.6. The molecule has 73 heavy (non-hydrogen) atoms. The van der Waals surface area contributed by atoms with Crippen LogP contribution in [-0.4, -0.2) is 151 Å². The van der Waals surface area contributed by atoms with Gasteiger partial charge < -0.3 is 48.9 Å². The van der Waals surface area contributed by atoms with Gasteiger partial charge in [0.1, 0.15) is 36.2 Å². The number of aliphatic hydroxyl groups excluding tert-OH is 1. The molecule has 3 aliphatic heterocycles. The van der Waals surface area contributed by atoms with Gasteiger partial charge in [0.25, 0.3) is 11.7 Å². The average molecular weight is 1050 g/mol. The monoisotopic (exact) mass is 1040 g/mol. The van der Waals surface area contributed by atoms with Gasteiger partial charge in [0.05, 0.1) is 18.3 Å². The standard InChI is InChI=1S/C56H88N2O14S/c1-33-18-14-13-15-19-34(2)46(67-9)30-42-23-21-39(7)56(66,72-42)52(62)53(63)58-25-17-16-20-43(58)54(64)70-47(31-44(59)35(3)27-38(6)50(61)51(69-11)49(60)37(5)26-33)36(4)28-41-22-24-45(48(29-41)68-10)71-55(65)57-32-40(8)73-12/h13-15,18-19,27,33,35-37,39-43,45-48,50-51,61,66H,16-17,20-26,28-32H2,1-12H3,(H,57,65)/b15-13+,18-14+,34-19+,38-27+/t33?,35?,36?,37-,39-,40?,41?,42?,43+,45-,46?,47?,48?,50-,51?,56-/m1/s1. The second kappa shape index (κ2) is 29.6. The van der Waals surface area contributed by atoms with E-state index in [-0.39, 0.29) is 54.0 Å². The highest BCUT2D eigenvalue weighted by molar-refractivity contribution is 7.99. The third-order valence-corrected chi connectivity index (χ3v) is 16.6. The van der Waals surface area contributed by atoms with Gasteiger partial charge in [0.2, 0.25) is 5.79 Å². The van der Waals surface area contributed by atoms with Crippen molar-refractivity contribution in [3.63, 3.8) is 0 Å².